The summed E-state index contributed by atoms with van der Waals surface area (Å²) in [5, 5.41) is 5.02. The minimum atomic E-state index is -0.0714. The van der Waals surface area contributed by atoms with Crippen LogP contribution in [0.1, 0.15) is 39.9 Å². The summed E-state index contributed by atoms with van der Waals surface area (Å²) in [6, 6.07) is 0.0143. The third kappa shape index (κ3) is 3.70. The van der Waals surface area contributed by atoms with E-state index >= 15 is 0 Å². The normalized spacial score (nSPS) is 23.8. The second-order valence-corrected chi connectivity index (χ2v) is 7.55. The molecule has 3 rings (SSSR count). The largest absolute Gasteiger partial charge is 0.376 e. The number of imidazole rings is 1. The number of aromatic nitrogens is 2. The molecule has 1 saturated heterocycles. The van der Waals surface area contributed by atoms with Gasteiger partial charge in [0, 0.05) is 12.3 Å². The number of rotatable bonds is 3. The first-order valence-corrected chi connectivity index (χ1v) is 8.60. The van der Waals surface area contributed by atoms with Crippen LogP contribution in [-0.4, -0.2) is 47.4 Å². The molecule has 0 spiro atoms. The number of ether oxygens (including phenoxy) is 2. The van der Waals surface area contributed by atoms with Crippen molar-refractivity contribution in [1.29, 1.82) is 0 Å². The van der Waals surface area contributed by atoms with Crippen LogP contribution < -0.4 is 16.0 Å². The fourth-order valence-electron chi connectivity index (χ4n) is 3.28. The fourth-order valence-corrected chi connectivity index (χ4v) is 3.28. The summed E-state index contributed by atoms with van der Waals surface area (Å²) in [4.78, 5) is 16.2. The first-order valence-electron chi connectivity index (χ1n) is 8.60. The molecule has 2 atom stereocenters. The average molecular weight is 333 g/mol. The standard InChI is InChI=1S/C18H27N3O3/c1-12(22)19-13-5-6-16-15(9-13)20-17(18(2,3)4)21(16)10-14-11-23-7-8-24-14/h6,9,13-14H,5,7-8,10-11H2,1-4H3,(H,19,22). The fraction of sp³-hybridized carbons (Fsp3) is 0.667. The lowest BCUT2D eigenvalue weighted by Gasteiger charge is -2.26. The van der Waals surface area contributed by atoms with Crippen molar-refractivity contribution in [3.05, 3.63) is 16.5 Å². The Morgan fingerprint density at radius 1 is 1.42 bits per heavy atom. The van der Waals surface area contributed by atoms with Gasteiger partial charge in [-0.25, -0.2) is 4.98 Å². The van der Waals surface area contributed by atoms with E-state index in [1.165, 1.54) is 0 Å². The van der Waals surface area contributed by atoms with Crippen LogP contribution in [0.2, 0.25) is 0 Å². The molecule has 24 heavy (non-hydrogen) atoms. The first kappa shape index (κ1) is 17.2. The minimum Gasteiger partial charge on any atom is -0.376 e. The molecule has 0 aromatic carbocycles. The number of hydrogen-bond donors (Lipinski definition) is 1. The minimum absolute atomic E-state index is 0.0143. The molecule has 1 aromatic heterocycles. The predicted octanol–water partition coefficient (Wildman–Crippen LogP) is 0.0654. The van der Waals surface area contributed by atoms with Crippen LogP contribution in [0.15, 0.2) is 0 Å². The van der Waals surface area contributed by atoms with E-state index in [0.29, 0.717) is 19.8 Å². The van der Waals surface area contributed by atoms with Crippen molar-refractivity contribution >= 4 is 18.1 Å². The van der Waals surface area contributed by atoms with Crippen LogP contribution in [0.5, 0.6) is 0 Å². The van der Waals surface area contributed by atoms with Crippen molar-refractivity contribution < 1.29 is 14.3 Å². The van der Waals surface area contributed by atoms with E-state index in [4.69, 9.17) is 14.5 Å². The molecule has 0 saturated carbocycles. The topological polar surface area (TPSA) is 65.4 Å². The third-order valence-corrected chi connectivity index (χ3v) is 4.29. The maximum atomic E-state index is 11.3. The lowest BCUT2D eigenvalue weighted by molar-refractivity contribution is -0.119. The van der Waals surface area contributed by atoms with E-state index in [1.807, 2.05) is 0 Å². The molecule has 1 amide bonds. The van der Waals surface area contributed by atoms with Crippen LogP contribution in [0.25, 0.3) is 12.2 Å². The molecule has 6 nitrogen and oxygen atoms in total. The molecule has 132 valence electrons. The van der Waals surface area contributed by atoms with Gasteiger partial charge in [0.2, 0.25) is 5.91 Å². The highest BCUT2D eigenvalue weighted by Crippen LogP contribution is 2.19. The van der Waals surface area contributed by atoms with Crippen molar-refractivity contribution in [3.63, 3.8) is 0 Å². The van der Waals surface area contributed by atoms with Gasteiger partial charge >= 0.3 is 0 Å². The summed E-state index contributed by atoms with van der Waals surface area (Å²) in [7, 11) is 0. The Balaban J connectivity index is 1.98. The zero-order valence-corrected chi connectivity index (χ0v) is 15.0. The van der Waals surface area contributed by atoms with E-state index in [-0.39, 0.29) is 23.5 Å². The van der Waals surface area contributed by atoms with Gasteiger partial charge in [-0.1, -0.05) is 26.8 Å². The van der Waals surface area contributed by atoms with Crippen molar-refractivity contribution in [1.82, 2.24) is 14.9 Å². The smallest absolute Gasteiger partial charge is 0.217 e. The van der Waals surface area contributed by atoms with Crippen molar-refractivity contribution in [2.75, 3.05) is 19.8 Å². The van der Waals surface area contributed by atoms with Crippen molar-refractivity contribution in [3.8, 4) is 0 Å². The van der Waals surface area contributed by atoms with E-state index < -0.39 is 0 Å². The Morgan fingerprint density at radius 2 is 2.21 bits per heavy atom. The molecule has 1 aliphatic carbocycles. The van der Waals surface area contributed by atoms with Gasteiger partial charge in [0.1, 0.15) is 5.82 Å². The maximum absolute atomic E-state index is 11.3. The first-order chi connectivity index (χ1) is 11.3. The third-order valence-electron chi connectivity index (χ3n) is 4.29. The molecule has 0 bridgehead atoms. The van der Waals surface area contributed by atoms with Gasteiger partial charge in [-0.2, -0.15) is 0 Å². The van der Waals surface area contributed by atoms with Gasteiger partial charge in [-0.05, 0) is 12.5 Å². The lowest BCUT2D eigenvalue weighted by atomic mass is 9.95. The Hall–Kier alpha value is -1.66. The molecule has 1 aliphatic heterocycles. The summed E-state index contributed by atoms with van der Waals surface area (Å²) < 4.78 is 13.6. The lowest BCUT2D eigenvalue weighted by Crippen LogP contribution is -2.43. The Labute approximate surface area is 142 Å². The van der Waals surface area contributed by atoms with Gasteiger partial charge in [-0.3, -0.25) is 4.79 Å². The molecular weight excluding hydrogens is 306 g/mol. The average Bonchev–Trinajstić information content (AvgIpc) is 2.86. The predicted molar refractivity (Wildman–Crippen MR) is 91.9 cm³/mol. The zero-order valence-electron chi connectivity index (χ0n) is 15.0. The van der Waals surface area contributed by atoms with Gasteiger partial charge in [0.25, 0.3) is 0 Å². The van der Waals surface area contributed by atoms with Crippen LogP contribution in [0.4, 0.5) is 0 Å². The Bertz CT molecular complexity index is 724. The van der Waals surface area contributed by atoms with Gasteiger partial charge in [-0.15, -0.1) is 0 Å². The van der Waals surface area contributed by atoms with Crippen LogP contribution in [0.3, 0.4) is 0 Å². The van der Waals surface area contributed by atoms with Gasteiger partial charge in [0.15, 0.2) is 0 Å². The Kier molecular flexibility index (Phi) is 4.78. The molecule has 1 aromatic rings. The van der Waals surface area contributed by atoms with Crippen molar-refractivity contribution in [2.45, 2.75) is 58.2 Å². The second kappa shape index (κ2) is 6.69. The number of carbonyl (C=O) groups excluding carboxylic acids is 1. The summed E-state index contributed by atoms with van der Waals surface area (Å²) in [6.45, 7) is 10.7. The Morgan fingerprint density at radius 3 is 2.83 bits per heavy atom. The molecule has 2 aliphatic rings. The molecule has 0 radical (unpaired) electrons. The molecule has 6 heteroatoms. The quantitative estimate of drug-likeness (QED) is 0.850. The highest BCUT2D eigenvalue weighted by atomic mass is 16.6. The van der Waals surface area contributed by atoms with Gasteiger partial charge in [0.05, 0.1) is 49.2 Å². The van der Waals surface area contributed by atoms with Gasteiger partial charge < -0.3 is 19.4 Å². The maximum Gasteiger partial charge on any atom is 0.217 e. The number of amides is 1. The molecular formula is C18H27N3O3. The van der Waals surface area contributed by atoms with Crippen molar-refractivity contribution in [2.24, 2.45) is 0 Å². The van der Waals surface area contributed by atoms with Crippen LogP contribution >= 0.6 is 0 Å². The number of nitrogens with zero attached hydrogens (tertiary/aromatic N) is 2. The number of carbonyl (C=O) groups is 1. The van der Waals surface area contributed by atoms with E-state index in [1.54, 1.807) is 6.92 Å². The molecule has 1 fully saturated rings. The summed E-state index contributed by atoms with van der Waals surface area (Å²) in [6.07, 6.45) is 5.06. The highest BCUT2D eigenvalue weighted by Gasteiger charge is 2.26. The van der Waals surface area contributed by atoms with Crippen LogP contribution in [0, 0.1) is 0 Å². The highest BCUT2D eigenvalue weighted by molar-refractivity contribution is 5.74. The summed E-state index contributed by atoms with van der Waals surface area (Å²) in [5.74, 6) is 1.02. The summed E-state index contributed by atoms with van der Waals surface area (Å²) in [5.41, 5.74) is -0.0714. The van der Waals surface area contributed by atoms with E-state index in [2.05, 4.69) is 42.8 Å². The monoisotopic (exact) mass is 333 g/mol. The summed E-state index contributed by atoms with van der Waals surface area (Å²) >= 11 is 0. The molecule has 1 N–H and O–H groups in total. The molecule has 2 heterocycles. The SMILES string of the molecule is CC(=O)NC1C=c2nc(C(C)(C)C)n(CC3COCCO3)c2=CC1. The second-order valence-electron chi connectivity index (χ2n) is 7.55. The number of hydrogen-bond acceptors (Lipinski definition) is 4. The zero-order chi connectivity index (χ0) is 17.3. The van der Waals surface area contributed by atoms with E-state index in [9.17, 15) is 4.79 Å². The van der Waals surface area contributed by atoms with E-state index in [0.717, 1.165) is 29.5 Å². The van der Waals surface area contributed by atoms with Crippen LogP contribution in [-0.2, 0) is 26.2 Å². The number of fused-ring (bicyclic) bond motifs is 1. The number of nitrogens with one attached hydrogen (secondary N) is 1. The molecule has 2 unspecified atom stereocenters.